The SMILES string of the molecule is CCCNc1cc(NCc2ncc(CC)o2)ncn1. The minimum atomic E-state index is 0.518. The summed E-state index contributed by atoms with van der Waals surface area (Å²) < 4.78 is 5.52. The third kappa shape index (κ3) is 3.94. The van der Waals surface area contributed by atoms with Crippen molar-refractivity contribution in [3.05, 3.63) is 30.2 Å². The summed E-state index contributed by atoms with van der Waals surface area (Å²) in [7, 11) is 0. The first-order valence-electron chi connectivity index (χ1n) is 6.55. The average Bonchev–Trinajstić information content (AvgIpc) is 2.91. The predicted molar refractivity (Wildman–Crippen MR) is 74.0 cm³/mol. The van der Waals surface area contributed by atoms with E-state index in [1.807, 2.05) is 13.0 Å². The number of anilines is 2. The van der Waals surface area contributed by atoms with Gasteiger partial charge in [-0.1, -0.05) is 13.8 Å². The lowest BCUT2D eigenvalue weighted by atomic mass is 10.4. The van der Waals surface area contributed by atoms with Crippen molar-refractivity contribution >= 4 is 11.6 Å². The molecule has 0 spiro atoms. The number of hydrogen-bond donors (Lipinski definition) is 2. The fourth-order valence-corrected chi connectivity index (χ4v) is 1.56. The summed E-state index contributed by atoms with van der Waals surface area (Å²) in [5, 5.41) is 6.38. The lowest BCUT2D eigenvalue weighted by molar-refractivity contribution is 0.465. The van der Waals surface area contributed by atoms with Crippen LogP contribution >= 0.6 is 0 Å². The first-order chi connectivity index (χ1) is 9.31. The Balaban J connectivity index is 1.91. The van der Waals surface area contributed by atoms with Crippen molar-refractivity contribution in [1.29, 1.82) is 0 Å². The molecule has 6 heteroatoms. The van der Waals surface area contributed by atoms with Gasteiger partial charge in [0.1, 0.15) is 23.7 Å². The van der Waals surface area contributed by atoms with Crippen molar-refractivity contribution in [2.24, 2.45) is 0 Å². The van der Waals surface area contributed by atoms with E-state index in [9.17, 15) is 0 Å². The Kier molecular flexibility index (Phi) is 4.72. The summed E-state index contributed by atoms with van der Waals surface area (Å²) >= 11 is 0. The molecule has 0 unspecified atom stereocenters. The van der Waals surface area contributed by atoms with E-state index in [1.54, 1.807) is 6.20 Å². The van der Waals surface area contributed by atoms with E-state index in [4.69, 9.17) is 4.42 Å². The molecule has 0 bridgehead atoms. The quantitative estimate of drug-likeness (QED) is 0.797. The van der Waals surface area contributed by atoms with Crippen LogP contribution in [0, 0.1) is 0 Å². The van der Waals surface area contributed by atoms with Gasteiger partial charge < -0.3 is 15.1 Å². The van der Waals surface area contributed by atoms with Crippen LogP contribution in [0.3, 0.4) is 0 Å². The van der Waals surface area contributed by atoms with Gasteiger partial charge in [-0.15, -0.1) is 0 Å². The van der Waals surface area contributed by atoms with Crippen LogP contribution in [0.5, 0.6) is 0 Å². The summed E-state index contributed by atoms with van der Waals surface area (Å²) in [5.74, 6) is 3.13. The maximum Gasteiger partial charge on any atom is 0.213 e. The zero-order valence-corrected chi connectivity index (χ0v) is 11.3. The van der Waals surface area contributed by atoms with Crippen molar-refractivity contribution in [2.45, 2.75) is 33.2 Å². The van der Waals surface area contributed by atoms with Gasteiger partial charge in [-0.2, -0.15) is 0 Å². The standard InChI is InChI=1S/C13H19N5O/c1-3-5-14-11-6-12(18-9-17-11)15-8-13-16-7-10(4-2)19-13/h6-7,9H,3-5,8H2,1-2H3,(H2,14,15,17,18). The Bertz CT molecular complexity index is 511. The molecule has 0 radical (unpaired) electrons. The second kappa shape index (κ2) is 6.72. The van der Waals surface area contributed by atoms with Crippen LogP contribution in [0.2, 0.25) is 0 Å². The molecule has 2 rings (SSSR count). The maximum atomic E-state index is 5.52. The number of aromatic nitrogens is 3. The van der Waals surface area contributed by atoms with Gasteiger partial charge in [-0.3, -0.25) is 0 Å². The van der Waals surface area contributed by atoms with Crippen molar-refractivity contribution in [3.63, 3.8) is 0 Å². The van der Waals surface area contributed by atoms with Gasteiger partial charge in [0.25, 0.3) is 0 Å². The van der Waals surface area contributed by atoms with Gasteiger partial charge in [0, 0.05) is 19.0 Å². The molecule has 0 atom stereocenters. The van der Waals surface area contributed by atoms with Gasteiger partial charge in [0.05, 0.1) is 12.7 Å². The van der Waals surface area contributed by atoms with Crippen LogP contribution in [0.1, 0.15) is 31.9 Å². The molecular formula is C13H19N5O. The highest BCUT2D eigenvalue weighted by atomic mass is 16.4. The fourth-order valence-electron chi connectivity index (χ4n) is 1.56. The normalized spacial score (nSPS) is 10.4. The van der Waals surface area contributed by atoms with Gasteiger partial charge >= 0.3 is 0 Å². The van der Waals surface area contributed by atoms with Crippen LogP contribution in [0.4, 0.5) is 11.6 Å². The predicted octanol–water partition coefficient (Wildman–Crippen LogP) is 2.46. The second-order valence-electron chi connectivity index (χ2n) is 4.14. The molecule has 0 aliphatic rings. The Hall–Kier alpha value is -2.11. The molecule has 0 aromatic carbocycles. The highest BCUT2D eigenvalue weighted by Crippen LogP contribution is 2.11. The largest absolute Gasteiger partial charge is 0.444 e. The first-order valence-corrected chi connectivity index (χ1v) is 6.55. The number of hydrogen-bond acceptors (Lipinski definition) is 6. The molecule has 6 nitrogen and oxygen atoms in total. The number of nitrogens with one attached hydrogen (secondary N) is 2. The molecule has 2 N–H and O–H groups in total. The molecule has 2 aromatic heterocycles. The minimum Gasteiger partial charge on any atom is -0.444 e. The molecule has 0 saturated carbocycles. The lowest BCUT2D eigenvalue weighted by Crippen LogP contribution is -2.05. The Morgan fingerprint density at radius 3 is 2.58 bits per heavy atom. The minimum absolute atomic E-state index is 0.518. The first kappa shape index (κ1) is 13.3. The molecule has 0 aliphatic heterocycles. The van der Waals surface area contributed by atoms with Gasteiger partial charge in [0.15, 0.2) is 0 Å². The highest BCUT2D eigenvalue weighted by Gasteiger charge is 2.03. The molecule has 2 heterocycles. The number of rotatable bonds is 7. The Morgan fingerprint density at radius 1 is 1.11 bits per heavy atom. The van der Waals surface area contributed by atoms with E-state index in [0.29, 0.717) is 12.4 Å². The van der Waals surface area contributed by atoms with E-state index in [0.717, 1.165) is 36.8 Å². The third-order valence-electron chi connectivity index (χ3n) is 2.59. The van der Waals surface area contributed by atoms with Crippen LogP contribution in [0.25, 0.3) is 0 Å². The molecule has 0 amide bonds. The smallest absolute Gasteiger partial charge is 0.213 e. The molecule has 2 aromatic rings. The fraction of sp³-hybridized carbons (Fsp3) is 0.462. The Morgan fingerprint density at radius 2 is 1.89 bits per heavy atom. The number of aryl methyl sites for hydroxylation is 1. The number of nitrogens with zero attached hydrogens (tertiary/aromatic N) is 3. The van der Waals surface area contributed by atoms with Crippen molar-refractivity contribution < 1.29 is 4.42 Å². The van der Waals surface area contributed by atoms with E-state index in [-0.39, 0.29) is 0 Å². The molecule has 0 fully saturated rings. The summed E-state index contributed by atoms with van der Waals surface area (Å²) in [5.41, 5.74) is 0. The van der Waals surface area contributed by atoms with Crippen LogP contribution in [0.15, 0.2) is 23.0 Å². The summed E-state index contributed by atoms with van der Waals surface area (Å²) in [6, 6.07) is 1.87. The lowest BCUT2D eigenvalue weighted by Gasteiger charge is -2.06. The van der Waals surface area contributed by atoms with Crippen LogP contribution in [-0.4, -0.2) is 21.5 Å². The van der Waals surface area contributed by atoms with Gasteiger partial charge in [0.2, 0.25) is 5.89 Å². The van der Waals surface area contributed by atoms with Gasteiger partial charge in [-0.25, -0.2) is 15.0 Å². The maximum absolute atomic E-state index is 5.52. The number of oxazole rings is 1. The summed E-state index contributed by atoms with van der Waals surface area (Å²) in [6.45, 7) is 5.56. The van der Waals surface area contributed by atoms with E-state index >= 15 is 0 Å². The molecular weight excluding hydrogens is 242 g/mol. The van der Waals surface area contributed by atoms with E-state index < -0.39 is 0 Å². The highest BCUT2D eigenvalue weighted by molar-refractivity contribution is 5.46. The third-order valence-corrected chi connectivity index (χ3v) is 2.59. The Labute approximate surface area is 112 Å². The molecule has 0 aliphatic carbocycles. The zero-order valence-electron chi connectivity index (χ0n) is 11.3. The monoisotopic (exact) mass is 261 g/mol. The van der Waals surface area contributed by atoms with Crippen molar-refractivity contribution in [1.82, 2.24) is 15.0 Å². The average molecular weight is 261 g/mol. The summed E-state index contributed by atoms with van der Waals surface area (Å²) in [4.78, 5) is 12.5. The second-order valence-corrected chi connectivity index (χ2v) is 4.14. The van der Waals surface area contributed by atoms with Crippen LogP contribution < -0.4 is 10.6 Å². The molecule has 19 heavy (non-hydrogen) atoms. The topological polar surface area (TPSA) is 75.9 Å². The molecule has 0 saturated heterocycles. The van der Waals surface area contributed by atoms with Crippen molar-refractivity contribution in [2.75, 3.05) is 17.2 Å². The van der Waals surface area contributed by atoms with E-state index in [2.05, 4.69) is 32.5 Å². The molecule has 102 valence electrons. The summed E-state index contributed by atoms with van der Waals surface area (Å²) in [6.07, 6.45) is 5.20. The van der Waals surface area contributed by atoms with Crippen LogP contribution in [-0.2, 0) is 13.0 Å². The van der Waals surface area contributed by atoms with Crippen molar-refractivity contribution in [3.8, 4) is 0 Å². The zero-order chi connectivity index (χ0) is 13.5. The van der Waals surface area contributed by atoms with Gasteiger partial charge in [-0.05, 0) is 6.42 Å². The van der Waals surface area contributed by atoms with E-state index in [1.165, 1.54) is 6.33 Å².